The molecule has 0 spiro atoms. The van der Waals surface area contributed by atoms with Crippen LogP contribution < -0.4 is 5.32 Å². The molecule has 0 aromatic carbocycles. The molecule has 1 atom stereocenters. The molecule has 5 nitrogen and oxygen atoms in total. The Balaban J connectivity index is 2.43. The third kappa shape index (κ3) is 4.20. The van der Waals surface area contributed by atoms with Crippen molar-refractivity contribution in [1.29, 1.82) is 0 Å². The SMILES string of the molecule is CCOC(C)Cn1ccnc1NCCOC. The summed E-state index contributed by atoms with van der Waals surface area (Å²) in [6, 6.07) is 0. The first kappa shape index (κ1) is 13.0. The molecular weight excluding hydrogens is 206 g/mol. The van der Waals surface area contributed by atoms with Crippen molar-refractivity contribution in [2.24, 2.45) is 0 Å². The van der Waals surface area contributed by atoms with Crippen molar-refractivity contribution in [3.63, 3.8) is 0 Å². The van der Waals surface area contributed by atoms with Gasteiger partial charge in [-0.3, -0.25) is 0 Å². The van der Waals surface area contributed by atoms with E-state index < -0.39 is 0 Å². The molecular formula is C11H21N3O2. The average Bonchev–Trinajstić information content (AvgIpc) is 2.66. The van der Waals surface area contributed by atoms with Crippen LogP contribution in [0, 0.1) is 0 Å². The summed E-state index contributed by atoms with van der Waals surface area (Å²) in [5.74, 6) is 0.864. The lowest BCUT2D eigenvalue weighted by atomic mass is 10.4. The molecule has 0 aliphatic rings. The minimum absolute atomic E-state index is 0.196. The highest BCUT2D eigenvalue weighted by molar-refractivity contribution is 5.25. The summed E-state index contributed by atoms with van der Waals surface area (Å²) < 4.78 is 12.5. The molecule has 5 heteroatoms. The van der Waals surface area contributed by atoms with Crippen LogP contribution in [-0.2, 0) is 16.0 Å². The van der Waals surface area contributed by atoms with Crippen LogP contribution >= 0.6 is 0 Å². The maximum atomic E-state index is 5.49. The second-order valence-electron chi connectivity index (χ2n) is 3.59. The largest absolute Gasteiger partial charge is 0.383 e. The summed E-state index contributed by atoms with van der Waals surface area (Å²) in [7, 11) is 1.69. The zero-order valence-electron chi connectivity index (χ0n) is 10.3. The Hall–Kier alpha value is -1.07. The molecule has 16 heavy (non-hydrogen) atoms. The smallest absolute Gasteiger partial charge is 0.202 e. The first-order valence-corrected chi connectivity index (χ1v) is 5.63. The molecule has 1 heterocycles. The molecule has 1 rings (SSSR count). The second kappa shape index (κ2) is 7.24. The van der Waals surface area contributed by atoms with E-state index in [4.69, 9.17) is 9.47 Å². The number of nitrogens with zero attached hydrogens (tertiary/aromatic N) is 2. The zero-order chi connectivity index (χ0) is 11.8. The third-order valence-corrected chi connectivity index (χ3v) is 2.21. The van der Waals surface area contributed by atoms with E-state index in [1.165, 1.54) is 0 Å². The van der Waals surface area contributed by atoms with E-state index in [-0.39, 0.29) is 6.10 Å². The number of hydrogen-bond donors (Lipinski definition) is 1. The first-order chi connectivity index (χ1) is 7.77. The molecule has 0 fully saturated rings. The minimum Gasteiger partial charge on any atom is -0.383 e. The lowest BCUT2D eigenvalue weighted by Crippen LogP contribution is -2.19. The van der Waals surface area contributed by atoms with Crippen molar-refractivity contribution in [3.8, 4) is 0 Å². The third-order valence-electron chi connectivity index (χ3n) is 2.21. The molecule has 1 aromatic rings. The van der Waals surface area contributed by atoms with Gasteiger partial charge in [0.1, 0.15) is 0 Å². The van der Waals surface area contributed by atoms with Crippen LogP contribution in [0.5, 0.6) is 0 Å². The molecule has 1 N–H and O–H groups in total. The number of aromatic nitrogens is 2. The highest BCUT2D eigenvalue weighted by Gasteiger charge is 2.06. The lowest BCUT2D eigenvalue weighted by Gasteiger charge is -2.14. The summed E-state index contributed by atoms with van der Waals surface area (Å²) >= 11 is 0. The fourth-order valence-electron chi connectivity index (χ4n) is 1.50. The monoisotopic (exact) mass is 227 g/mol. The van der Waals surface area contributed by atoms with Crippen molar-refractivity contribution in [1.82, 2.24) is 9.55 Å². The Kier molecular flexibility index (Phi) is 5.88. The van der Waals surface area contributed by atoms with E-state index in [2.05, 4.69) is 21.8 Å². The predicted molar refractivity (Wildman–Crippen MR) is 63.7 cm³/mol. The summed E-state index contributed by atoms with van der Waals surface area (Å²) in [5, 5.41) is 3.21. The minimum atomic E-state index is 0.196. The summed E-state index contributed by atoms with van der Waals surface area (Å²) in [6.45, 7) is 7.04. The van der Waals surface area contributed by atoms with Gasteiger partial charge in [-0.05, 0) is 13.8 Å². The number of rotatable bonds is 8. The topological polar surface area (TPSA) is 48.3 Å². The molecule has 0 aliphatic carbocycles. The number of hydrogen-bond acceptors (Lipinski definition) is 4. The standard InChI is InChI=1S/C11H21N3O2/c1-4-16-10(2)9-14-7-5-12-11(14)13-6-8-15-3/h5,7,10H,4,6,8-9H2,1-3H3,(H,12,13). The van der Waals surface area contributed by atoms with Crippen LogP contribution in [0.15, 0.2) is 12.4 Å². The fourth-order valence-corrected chi connectivity index (χ4v) is 1.50. The normalized spacial score (nSPS) is 12.7. The zero-order valence-corrected chi connectivity index (χ0v) is 10.3. The van der Waals surface area contributed by atoms with Gasteiger partial charge in [0.15, 0.2) is 0 Å². The molecule has 1 aromatic heterocycles. The molecule has 0 bridgehead atoms. The highest BCUT2D eigenvalue weighted by atomic mass is 16.5. The van der Waals surface area contributed by atoms with Crippen molar-refractivity contribution in [3.05, 3.63) is 12.4 Å². The molecule has 92 valence electrons. The number of imidazole rings is 1. The van der Waals surface area contributed by atoms with Gasteiger partial charge < -0.3 is 19.4 Å². The Bertz CT molecular complexity index is 289. The van der Waals surface area contributed by atoms with Crippen molar-refractivity contribution in [2.45, 2.75) is 26.5 Å². The van der Waals surface area contributed by atoms with Gasteiger partial charge in [0.25, 0.3) is 0 Å². The van der Waals surface area contributed by atoms with Crippen LogP contribution in [0.4, 0.5) is 5.95 Å². The second-order valence-corrected chi connectivity index (χ2v) is 3.59. The summed E-state index contributed by atoms with van der Waals surface area (Å²) in [4.78, 5) is 4.24. The van der Waals surface area contributed by atoms with Gasteiger partial charge in [-0.2, -0.15) is 0 Å². The molecule has 0 radical (unpaired) electrons. The average molecular weight is 227 g/mol. The maximum Gasteiger partial charge on any atom is 0.202 e. The Morgan fingerprint density at radius 3 is 3.06 bits per heavy atom. The van der Waals surface area contributed by atoms with Crippen LogP contribution in [0.3, 0.4) is 0 Å². The van der Waals surface area contributed by atoms with Gasteiger partial charge in [-0.15, -0.1) is 0 Å². The maximum absolute atomic E-state index is 5.49. The van der Waals surface area contributed by atoms with Crippen LogP contribution in [0.1, 0.15) is 13.8 Å². The van der Waals surface area contributed by atoms with Gasteiger partial charge in [0.05, 0.1) is 19.3 Å². The van der Waals surface area contributed by atoms with Gasteiger partial charge in [-0.1, -0.05) is 0 Å². The van der Waals surface area contributed by atoms with Crippen LogP contribution in [-0.4, -0.2) is 42.5 Å². The Morgan fingerprint density at radius 1 is 1.56 bits per heavy atom. The number of methoxy groups -OCH3 is 1. The number of anilines is 1. The van der Waals surface area contributed by atoms with Gasteiger partial charge in [0.2, 0.25) is 5.95 Å². The summed E-state index contributed by atoms with van der Waals surface area (Å²) in [5.41, 5.74) is 0. The highest BCUT2D eigenvalue weighted by Crippen LogP contribution is 2.06. The number of nitrogens with one attached hydrogen (secondary N) is 1. The van der Waals surface area contributed by atoms with Crippen molar-refractivity contribution in [2.75, 3.05) is 32.2 Å². The van der Waals surface area contributed by atoms with E-state index in [1.807, 2.05) is 13.1 Å². The van der Waals surface area contributed by atoms with E-state index in [9.17, 15) is 0 Å². The van der Waals surface area contributed by atoms with Crippen LogP contribution in [0.25, 0.3) is 0 Å². The molecule has 1 unspecified atom stereocenters. The molecule has 0 saturated heterocycles. The predicted octanol–water partition coefficient (Wildman–Crippen LogP) is 1.37. The Morgan fingerprint density at radius 2 is 2.38 bits per heavy atom. The molecule has 0 aliphatic heterocycles. The van der Waals surface area contributed by atoms with Crippen molar-refractivity contribution < 1.29 is 9.47 Å². The lowest BCUT2D eigenvalue weighted by molar-refractivity contribution is 0.0644. The molecule has 0 amide bonds. The Labute approximate surface area is 96.8 Å². The van der Waals surface area contributed by atoms with E-state index in [0.29, 0.717) is 6.61 Å². The van der Waals surface area contributed by atoms with Crippen LogP contribution in [0.2, 0.25) is 0 Å². The van der Waals surface area contributed by atoms with Gasteiger partial charge >= 0.3 is 0 Å². The van der Waals surface area contributed by atoms with E-state index in [1.54, 1.807) is 13.3 Å². The quantitative estimate of drug-likeness (QED) is 0.681. The summed E-state index contributed by atoms with van der Waals surface area (Å²) in [6.07, 6.45) is 3.93. The van der Waals surface area contributed by atoms with E-state index in [0.717, 1.165) is 25.6 Å². The van der Waals surface area contributed by atoms with Crippen molar-refractivity contribution >= 4 is 5.95 Å². The molecule has 0 saturated carbocycles. The fraction of sp³-hybridized carbons (Fsp3) is 0.727. The van der Waals surface area contributed by atoms with Gasteiger partial charge in [-0.25, -0.2) is 4.98 Å². The van der Waals surface area contributed by atoms with E-state index >= 15 is 0 Å². The van der Waals surface area contributed by atoms with Gasteiger partial charge in [0, 0.05) is 32.7 Å². The first-order valence-electron chi connectivity index (χ1n) is 5.63. The number of ether oxygens (including phenoxy) is 2.